The Bertz CT molecular complexity index is 54.5. The van der Waals surface area contributed by atoms with Gasteiger partial charge >= 0.3 is 0 Å². The van der Waals surface area contributed by atoms with E-state index in [1.54, 1.807) is 0 Å². The third-order valence-electron chi connectivity index (χ3n) is 0.901. The molecule has 0 bridgehead atoms. The Balaban J connectivity index is 2.62. The highest BCUT2D eigenvalue weighted by Crippen LogP contribution is 1.88. The molecule has 0 aromatic heterocycles. The maximum Gasteiger partial charge on any atom is 0.161 e. The Labute approximate surface area is 53.7 Å². The second kappa shape index (κ2) is 6.92. The standard InChI is InChI=1S/C6H14OSi/c1-3-5-6-8-7-4-2/h3H,1,4-6,8H2,2H3. The summed E-state index contributed by atoms with van der Waals surface area (Å²) in [6.07, 6.45) is 3.08. The van der Waals surface area contributed by atoms with Crippen LogP contribution in [0.1, 0.15) is 13.3 Å². The van der Waals surface area contributed by atoms with E-state index in [9.17, 15) is 0 Å². The molecule has 0 aliphatic heterocycles. The van der Waals surface area contributed by atoms with E-state index in [-0.39, 0.29) is 9.76 Å². The third-order valence-corrected chi connectivity index (χ3v) is 2.29. The fourth-order valence-electron chi connectivity index (χ4n) is 0.474. The second-order valence-corrected chi connectivity index (χ2v) is 3.15. The predicted molar refractivity (Wildman–Crippen MR) is 39.8 cm³/mol. The van der Waals surface area contributed by atoms with Crippen molar-refractivity contribution in [2.45, 2.75) is 19.4 Å². The zero-order chi connectivity index (χ0) is 6.24. The van der Waals surface area contributed by atoms with E-state index in [1.165, 1.54) is 6.04 Å². The Kier molecular flexibility index (Phi) is 6.85. The van der Waals surface area contributed by atoms with Crippen molar-refractivity contribution in [3.05, 3.63) is 12.7 Å². The molecule has 0 saturated carbocycles. The Morgan fingerprint density at radius 3 is 3.00 bits per heavy atom. The van der Waals surface area contributed by atoms with Gasteiger partial charge in [0, 0.05) is 6.61 Å². The lowest BCUT2D eigenvalue weighted by molar-refractivity contribution is 0.360. The summed E-state index contributed by atoms with van der Waals surface area (Å²) in [4.78, 5) is 0. The van der Waals surface area contributed by atoms with Crippen LogP contribution in [-0.4, -0.2) is 16.4 Å². The molecule has 0 saturated heterocycles. The molecule has 0 radical (unpaired) electrons. The summed E-state index contributed by atoms with van der Waals surface area (Å²) in [5, 5.41) is 0. The van der Waals surface area contributed by atoms with Gasteiger partial charge < -0.3 is 4.43 Å². The fourth-order valence-corrected chi connectivity index (χ4v) is 1.42. The summed E-state index contributed by atoms with van der Waals surface area (Å²) < 4.78 is 5.23. The molecule has 0 fully saturated rings. The molecule has 0 aromatic rings. The molecule has 0 amide bonds. The van der Waals surface area contributed by atoms with Gasteiger partial charge in [0.25, 0.3) is 0 Å². The number of rotatable bonds is 5. The molecule has 0 N–H and O–H groups in total. The van der Waals surface area contributed by atoms with Crippen molar-refractivity contribution in [2.24, 2.45) is 0 Å². The van der Waals surface area contributed by atoms with E-state index in [0.717, 1.165) is 13.0 Å². The summed E-state index contributed by atoms with van der Waals surface area (Å²) in [7, 11) is -0.171. The van der Waals surface area contributed by atoms with Crippen LogP contribution in [0.4, 0.5) is 0 Å². The SMILES string of the molecule is C=CCC[SiH2]OCC. The van der Waals surface area contributed by atoms with Gasteiger partial charge in [-0.3, -0.25) is 0 Å². The molecule has 0 spiro atoms. The maximum absolute atomic E-state index is 5.23. The number of hydrogen-bond acceptors (Lipinski definition) is 1. The van der Waals surface area contributed by atoms with Crippen LogP contribution in [0.3, 0.4) is 0 Å². The van der Waals surface area contributed by atoms with Gasteiger partial charge in [-0.05, 0) is 19.4 Å². The molecule has 0 aliphatic carbocycles. The van der Waals surface area contributed by atoms with E-state index in [2.05, 4.69) is 6.58 Å². The highest BCUT2D eigenvalue weighted by Gasteiger charge is 1.82. The largest absolute Gasteiger partial charge is 0.424 e. The normalized spacial score (nSPS) is 10.6. The minimum atomic E-state index is -0.171. The molecule has 0 heterocycles. The first-order valence-corrected chi connectivity index (χ1v) is 4.68. The van der Waals surface area contributed by atoms with Crippen LogP contribution >= 0.6 is 0 Å². The number of allylic oxidation sites excluding steroid dienone is 1. The lowest BCUT2D eigenvalue weighted by Crippen LogP contribution is -1.95. The summed E-state index contributed by atoms with van der Waals surface area (Å²) in [6.45, 7) is 6.56. The van der Waals surface area contributed by atoms with E-state index in [0.29, 0.717) is 0 Å². The average Bonchev–Trinajstić information content (AvgIpc) is 1.81. The first-order chi connectivity index (χ1) is 3.91. The molecule has 0 rings (SSSR count). The molecule has 0 aromatic carbocycles. The molecule has 2 heteroatoms. The van der Waals surface area contributed by atoms with Gasteiger partial charge in [0.05, 0.1) is 0 Å². The lowest BCUT2D eigenvalue weighted by atomic mass is 10.5. The monoisotopic (exact) mass is 130 g/mol. The summed E-state index contributed by atoms with van der Waals surface area (Å²) in [6, 6.07) is 1.25. The first kappa shape index (κ1) is 7.92. The van der Waals surface area contributed by atoms with Crippen LogP contribution < -0.4 is 0 Å². The van der Waals surface area contributed by atoms with Crippen molar-refractivity contribution in [3.63, 3.8) is 0 Å². The summed E-state index contributed by atoms with van der Waals surface area (Å²) >= 11 is 0. The summed E-state index contributed by atoms with van der Waals surface area (Å²) in [5.74, 6) is 0. The number of hydrogen-bond donors (Lipinski definition) is 0. The quantitative estimate of drug-likeness (QED) is 0.308. The fraction of sp³-hybridized carbons (Fsp3) is 0.667. The van der Waals surface area contributed by atoms with E-state index in [1.807, 2.05) is 13.0 Å². The second-order valence-electron chi connectivity index (χ2n) is 1.63. The predicted octanol–water partition coefficient (Wildman–Crippen LogP) is 1.10. The minimum absolute atomic E-state index is 0.171. The topological polar surface area (TPSA) is 9.23 Å². The van der Waals surface area contributed by atoms with Gasteiger partial charge in [-0.25, -0.2) is 0 Å². The third kappa shape index (κ3) is 5.92. The molecular weight excluding hydrogens is 116 g/mol. The van der Waals surface area contributed by atoms with E-state index < -0.39 is 0 Å². The van der Waals surface area contributed by atoms with Crippen LogP contribution in [0.15, 0.2) is 12.7 Å². The zero-order valence-corrected chi connectivity index (χ0v) is 6.94. The van der Waals surface area contributed by atoms with Crippen molar-refractivity contribution >= 4 is 9.76 Å². The molecule has 0 atom stereocenters. The van der Waals surface area contributed by atoms with Crippen molar-refractivity contribution in [2.75, 3.05) is 6.61 Å². The zero-order valence-electron chi connectivity index (χ0n) is 5.52. The van der Waals surface area contributed by atoms with Crippen molar-refractivity contribution in [3.8, 4) is 0 Å². The Hall–Kier alpha value is -0.0831. The smallest absolute Gasteiger partial charge is 0.161 e. The average molecular weight is 130 g/mol. The Morgan fingerprint density at radius 2 is 2.50 bits per heavy atom. The van der Waals surface area contributed by atoms with Crippen molar-refractivity contribution in [1.29, 1.82) is 0 Å². The highest BCUT2D eigenvalue weighted by molar-refractivity contribution is 6.27. The van der Waals surface area contributed by atoms with E-state index in [4.69, 9.17) is 4.43 Å². The van der Waals surface area contributed by atoms with E-state index >= 15 is 0 Å². The van der Waals surface area contributed by atoms with Crippen molar-refractivity contribution in [1.82, 2.24) is 0 Å². The molecule has 0 unspecified atom stereocenters. The maximum atomic E-state index is 5.23. The highest BCUT2D eigenvalue weighted by atomic mass is 28.2. The van der Waals surface area contributed by atoms with Crippen LogP contribution in [-0.2, 0) is 4.43 Å². The molecular formula is C6H14OSi. The van der Waals surface area contributed by atoms with Gasteiger partial charge in [-0.2, -0.15) is 0 Å². The van der Waals surface area contributed by atoms with Crippen LogP contribution in [0.25, 0.3) is 0 Å². The van der Waals surface area contributed by atoms with Crippen LogP contribution in [0.5, 0.6) is 0 Å². The van der Waals surface area contributed by atoms with Crippen LogP contribution in [0.2, 0.25) is 6.04 Å². The Morgan fingerprint density at radius 1 is 1.75 bits per heavy atom. The first-order valence-electron chi connectivity index (χ1n) is 3.10. The van der Waals surface area contributed by atoms with Gasteiger partial charge in [-0.1, -0.05) is 6.08 Å². The van der Waals surface area contributed by atoms with Gasteiger partial charge in [0.2, 0.25) is 0 Å². The van der Waals surface area contributed by atoms with Gasteiger partial charge in [0.1, 0.15) is 0 Å². The minimum Gasteiger partial charge on any atom is -0.424 e. The molecule has 48 valence electrons. The van der Waals surface area contributed by atoms with Gasteiger partial charge in [0.15, 0.2) is 9.76 Å². The molecule has 0 aliphatic rings. The van der Waals surface area contributed by atoms with Crippen molar-refractivity contribution < 1.29 is 4.43 Å². The molecule has 1 nitrogen and oxygen atoms in total. The van der Waals surface area contributed by atoms with Gasteiger partial charge in [-0.15, -0.1) is 6.58 Å². The molecule has 8 heavy (non-hydrogen) atoms. The lowest BCUT2D eigenvalue weighted by Gasteiger charge is -1.94. The van der Waals surface area contributed by atoms with Crippen LogP contribution in [0, 0.1) is 0 Å². The summed E-state index contributed by atoms with van der Waals surface area (Å²) in [5.41, 5.74) is 0.